The Bertz CT molecular complexity index is 630. The van der Waals surface area contributed by atoms with Crippen molar-refractivity contribution in [3.05, 3.63) is 63.1 Å². The van der Waals surface area contributed by atoms with Crippen LogP contribution in [-0.2, 0) is 6.54 Å². The Morgan fingerprint density at radius 3 is 2.60 bits per heavy atom. The van der Waals surface area contributed by atoms with Gasteiger partial charge in [0.25, 0.3) is 0 Å². The molecular formula is C16H16BrNO2. The maximum absolute atomic E-state index is 11.2. The number of aromatic carboxylic acids is 1. The van der Waals surface area contributed by atoms with Crippen LogP contribution in [0.15, 0.2) is 40.9 Å². The van der Waals surface area contributed by atoms with Crippen LogP contribution in [0, 0.1) is 13.8 Å². The molecule has 0 heterocycles. The van der Waals surface area contributed by atoms with Crippen LogP contribution in [0.5, 0.6) is 0 Å². The van der Waals surface area contributed by atoms with Crippen molar-refractivity contribution in [1.82, 2.24) is 0 Å². The van der Waals surface area contributed by atoms with Crippen LogP contribution >= 0.6 is 15.9 Å². The third-order valence-corrected chi connectivity index (χ3v) is 3.76. The van der Waals surface area contributed by atoms with Gasteiger partial charge in [-0.15, -0.1) is 0 Å². The van der Waals surface area contributed by atoms with Crippen LogP contribution in [-0.4, -0.2) is 11.1 Å². The second kappa shape index (κ2) is 6.09. The molecule has 2 aromatic rings. The Morgan fingerprint density at radius 1 is 1.25 bits per heavy atom. The number of carboxylic acid groups (broad SMARTS) is 1. The first-order chi connectivity index (χ1) is 9.49. The van der Waals surface area contributed by atoms with E-state index in [1.165, 1.54) is 5.56 Å². The van der Waals surface area contributed by atoms with Crippen molar-refractivity contribution in [2.45, 2.75) is 20.4 Å². The van der Waals surface area contributed by atoms with Crippen molar-refractivity contribution in [3.63, 3.8) is 0 Å². The molecular weight excluding hydrogens is 318 g/mol. The third kappa shape index (κ3) is 3.20. The molecule has 2 rings (SSSR count). The fourth-order valence-corrected chi connectivity index (χ4v) is 3.02. The van der Waals surface area contributed by atoms with Crippen molar-refractivity contribution < 1.29 is 9.90 Å². The number of anilines is 1. The van der Waals surface area contributed by atoms with E-state index in [-0.39, 0.29) is 0 Å². The van der Waals surface area contributed by atoms with E-state index in [2.05, 4.69) is 27.3 Å². The Hall–Kier alpha value is -1.81. The molecule has 0 atom stereocenters. The smallest absolute Gasteiger partial charge is 0.336 e. The highest BCUT2D eigenvalue weighted by Gasteiger charge is 2.10. The Balaban J connectivity index is 2.24. The number of carbonyl (C=O) groups is 1. The minimum atomic E-state index is -0.901. The molecule has 104 valence electrons. The van der Waals surface area contributed by atoms with Crippen molar-refractivity contribution in [3.8, 4) is 0 Å². The average Bonchev–Trinajstić information content (AvgIpc) is 2.37. The van der Waals surface area contributed by atoms with Crippen LogP contribution < -0.4 is 5.32 Å². The second-order valence-electron chi connectivity index (χ2n) is 4.75. The van der Waals surface area contributed by atoms with E-state index in [0.717, 1.165) is 21.3 Å². The summed E-state index contributed by atoms with van der Waals surface area (Å²) in [6, 6.07) is 11.2. The molecule has 4 heteroatoms. The van der Waals surface area contributed by atoms with E-state index in [4.69, 9.17) is 0 Å². The van der Waals surface area contributed by atoms with Crippen LogP contribution in [0.25, 0.3) is 0 Å². The normalized spacial score (nSPS) is 10.3. The molecule has 0 aliphatic carbocycles. The fourth-order valence-electron chi connectivity index (χ4n) is 2.21. The average molecular weight is 334 g/mol. The monoisotopic (exact) mass is 333 g/mol. The highest BCUT2D eigenvalue weighted by atomic mass is 79.9. The number of halogens is 1. The molecule has 0 saturated heterocycles. The molecule has 2 N–H and O–H groups in total. The van der Waals surface area contributed by atoms with Gasteiger partial charge in [0.1, 0.15) is 0 Å². The fraction of sp³-hybridized carbons (Fsp3) is 0.188. The van der Waals surface area contributed by atoms with E-state index >= 15 is 0 Å². The minimum absolute atomic E-state index is 0.334. The largest absolute Gasteiger partial charge is 0.478 e. The zero-order valence-electron chi connectivity index (χ0n) is 11.4. The van der Waals surface area contributed by atoms with Gasteiger partial charge in [0.2, 0.25) is 0 Å². The lowest BCUT2D eigenvalue weighted by molar-refractivity contribution is 0.0696. The summed E-state index contributed by atoms with van der Waals surface area (Å²) in [6.45, 7) is 4.55. The predicted molar refractivity (Wildman–Crippen MR) is 84.3 cm³/mol. The van der Waals surface area contributed by atoms with E-state index in [0.29, 0.717) is 12.1 Å². The number of benzene rings is 2. The van der Waals surface area contributed by atoms with Gasteiger partial charge in [0.05, 0.1) is 11.3 Å². The summed E-state index contributed by atoms with van der Waals surface area (Å²) in [5, 5.41) is 12.5. The van der Waals surface area contributed by atoms with Crippen molar-refractivity contribution in [2.24, 2.45) is 0 Å². The topological polar surface area (TPSA) is 49.3 Å². The first-order valence-corrected chi connectivity index (χ1v) is 7.10. The number of rotatable bonds is 4. The van der Waals surface area contributed by atoms with Gasteiger partial charge < -0.3 is 10.4 Å². The van der Waals surface area contributed by atoms with Crippen LogP contribution in [0.3, 0.4) is 0 Å². The quantitative estimate of drug-likeness (QED) is 0.873. The van der Waals surface area contributed by atoms with Gasteiger partial charge >= 0.3 is 5.97 Å². The van der Waals surface area contributed by atoms with Gasteiger partial charge in [-0.05, 0) is 58.6 Å². The van der Waals surface area contributed by atoms with Gasteiger partial charge in [0.15, 0.2) is 0 Å². The predicted octanol–water partition coefficient (Wildman–Crippen LogP) is 4.38. The summed E-state index contributed by atoms with van der Waals surface area (Å²) in [5.41, 5.74) is 4.42. The SMILES string of the molecule is Cc1cc(C)c(NCc2ccccc2C(=O)O)c(Br)c1. The lowest BCUT2D eigenvalue weighted by Crippen LogP contribution is -2.08. The molecule has 0 amide bonds. The highest BCUT2D eigenvalue weighted by molar-refractivity contribution is 9.10. The van der Waals surface area contributed by atoms with E-state index in [1.54, 1.807) is 12.1 Å². The minimum Gasteiger partial charge on any atom is -0.478 e. The van der Waals surface area contributed by atoms with Crippen LogP contribution in [0.1, 0.15) is 27.0 Å². The molecule has 3 nitrogen and oxygen atoms in total. The molecule has 0 aliphatic heterocycles. The standard InChI is InChI=1S/C16H16BrNO2/c1-10-7-11(2)15(14(17)8-10)18-9-12-5-3-4-6-13(12)16(19)20/h3-8,18H,9H2,1-2H3,(H,19,20). The van der Waals surface area contributed by atoms with Crippen molar-refractivity contribution in [1.29, 1.82) is 0 Å². The molecule has 0 aromatic heterocycles. The summed E-state index contributed by atoms with van der Waals surface area (Å²) in [7, 11) is 0. The van der Waals surface area contributed by atoms with Gasteiger partial charge in [-0.2, -0.15) is 0 Å². The number of aryl methyl sites for hydroxylation is 2. The molecule has 0 saturated carbocycles. The van der Waals surface area contributed by atoms with Gasteiger partial charge in [-0.1, -0.05) is 24.3 Å². The van der Waals surface area contributed by atoms with Gasteiger partial charge in [-0.3, -0.25) is 0 Å². The van der Waals surface area contributed by atoms with Crippen molar-refractivity contribution in [2.75, 3.05) is 5.32 Å². The van der Waals surface area contributed by atoms with Gasteiger partial charge in [0, 0.05) is 11.0 Å². The first-order valence-electron chi connectivity index (χ1n) is 6.31. The second-order valence-corrected chi connectivity index (χ2v) is 5.61. The highest BCUT2D eigenvalue weighted by Crippen LogP contribution is 2.28. The van der Waals surface area contributed by atoms with Gasteiger partial charge in [-0.25, -0.2) is 4.79 Å². The number of hydrogen-bond acceptors (Lipinski definition) is 2. The number of carboxylic acids is 1. The summed E-state index contributed by atoms with van der Waals surface area (Å²) < 4.78 is 0.989. The van der Waals surface area contributed by atoms with E-state index in [9.17, 15) is 9.90 Å². The lowest BCUT2D eigenvalue weighted by atomic mass is 10.1. The maximum atomic E-state index is 11.2. The van der Waals surface area contributed by atoms with E-state index in [1.807, 2.05) is 32.0 Å². The Labute approximate surface area is 126 Å². The zero-order valence-corrected chi connectivity index (χ0v) is 13.0. The first kappa shape index (κ1) is 14.6. The molecule has 0 fully saturated rings. The van der Waals surface area contributed by atoms with Crippen LogP contribution in [0.4, 0.5) is 5.69 Å². The molecule has 2 aromatic carbocycles. The number of nitrogens with one attached hydrogen (secondary N) is 1. The summed E-state index contributed by atoms with van der Waals surface area (Å²) in [4.78, 5) is 11.2. The molecule has 20 heavy (non-hydrogen) atoms. The molecule has 0 spiro atoms. The third-order valence-electron chi connectivity index (χ3n) is 3.14. The number of hydrogen-bond donors (Lipinski definition) is 2. The van der Waals surface area contributed by atoms with Crippen LogP contribution in [0.2, 0.25) is 0 Å². The summed E-state index contributed by atoms with van der Waals surface area (Å²) in [5.74, 6) is -0.901. The summed E-state index contributed by atoms with van der Waals surface area (Å²) >= 11 is 3.54. The molecule has 0 radical (unpaired) electrons. The summed E-state index contributed by atoms with van der Waals surface area (Å²) in [6.07, 6.45) is 0. The Kier molecular flexibility index (Phi) is 4.45. The molecule has 0 bridgehead atoms. The van der Waals surface area contributed by atoms with E-state index < -0.39 is 5.97 Å². The molecule has 0 unspecified atom stereocenters. The molecule has 0 aliphatic rings. The maximum Gasteiger partial charge on any atom is 0.336 e. The zero-order chi connectivity index (χ0) is 14.7. The Morgan fingerprint density at radius 2 is 1.95 bits per heavy atom. The lowest BCUT2D eigenvalue weighted by Gasteiger charge is -2.14. The van der Waals surface area contributed by atoms with Crippen molar-refractivity contribution >= 4 is 27.6 Å².